The molecule has 0 aromatic heterocycles. The molecule has 3 N–H and O–H groups in total. The lowest BCUT2D eigenvalue weighted by Crippen LogP contribution is -2.20. The van der Waals surface area contributed by atoms with Gasteiger partial charge in [0.1, 0.15) is 6.61 Å². The lowest BCUT2D eigenvalue weighted by atomic mass is 10.1. The van der Waals surface area contributed by atoms with E-state index >= 15 is 0 Å². The average molecular weight is 300 g/mol. The van der Waals surface area contributed by atoms with E-state index in [2.05, 4.69) is 5.32 Å². The molecule has 0 radical (unpaired) electrons. The number of sulfonamides is 1. The zero-order chi connectivity index (χ0) is 15.3. The third-order valence-corrected chi connectivity index (χ3v) is 3.69. The summed E-state index contributed by atoms with van der Waals surface area (Å²) in [6, 6.07) is 2.93. The number of carbonyl (C=O) groups is 1. The fraction of sp³-hybridized carbons (Fsp3) is 0.462. The number of carbonyl (C=O) groups excluding carboxylic acids is 1. The van der Waals surface area contributed by atoms with Gasteiger partial charge in [0.05, 0.1) is 4.90 Å². The molecule has 1 rings (SSSR count). The zero-order valence-electron chi connectivity index (χ0n) is 11.9. The Hall–Kier alpha value is -1.44. The molecule has 1 aromatic carbocycles. The van der Waals surface area contributed by atoms with Gasteiger partial charge in [-0.25, -0.2) is 13.6 Å². The summed E-state index contributed by atoms with van der Waals surface area (Å²) >= 11 is 0. The van der Waals surface area contributed by atoms with Crippen LogP contribution in [0.25, 0.3) is 0 Å². The van der Waals surface area contributed by atoms with Crippen molar-refractivity contribution in [3.63, 3.8) is 0 Å². The molecule has 112 valence electrons. The van der Waals surface area contributed by atoms with E-state index in [4.69, 9.17) is 9.88 Å². The molecule has 0 aliphatic rings. The Morgan fingerprint density at radius 1 is 1.35 bits per heavy atom. The lowest BCUT2D eigenvalue weighted by molar-refractivity contribution is -0.120. The highest BCUT2D eigenvalue weighted by Crippen LogP contribution is 2.25. The first-order chi connectivity index (χ1) is 9.29. The SMILES string of the molecule is CCOCC(=O)Nc1c(C)cc(S(N)(=O)=O)cc1CC. The quantitative estimate of drug-likeness (QED) is 0.824. The first-order valence-corrected chi connectivity index (χ1v) is 7.88. The number of primary sulfonamides is 1. The molecule has 20 heavy (non-hydrogen) atoms. The summed E-state index contributed by atoms with van der Waals surface area (Å²) in [5, 5.41) is 7.87. The highest BCUT2D eigenvalue weighted by molar-refractivity contribution is 7.89. The molecule has 7 heteroatoms. The molecule has 0 aliphatic heterocycles. The number of aryl methyl sites for hydroxylation is 2. The zero-order valence-corrected chi connectivity index (χ0v) is 12.7. The van der Waals surface area contributed by atoms with Gasteiger partial charge in [-0.2, -0.15) is 0 Å². The Morgan fingerprint density at radius 2 is 2.00 bits per heavy atom. The standard InChI is InChI=1S/C13H20N2O4S/c1-4-10-7-11(20(14,17)18)6-9(3)13(10)15-12(16)8-19-5-2/h6-7H,4-5,8H2,1-3H3,(H,15,16)(H2,14,17,18). The van der Waals surface area contributed by atoms with Crippen molar-refractivity contribution in [2.24, 2.45) is 5.14 Å². The van der Waals surface area contributed by atoms with Crippen LogP contribution >= 0.6 is 0 Å². The van der Waals surface area contributed by atoms with Crippen LogP contribution in [-0.4, -0.2) is 27.5 Å². The monoisotopic (exact) mass is 300 g/mol. The van der Waals surface area contributed by atoms with Crippen LogP contribution in [0.5, 0.6) is 0 Å². The Labute approximate surface area is 119 Å². The van der Waals surface area contributed by atoms with Gasteiger partial charge >= 0.3 is 0 Å². The lowest BCUT2D eigenvalue weighted by Gasteiger charge is -2.14. The van der Waals surface area contributed by atoms with Crippen molar-refractivity contribution < 1.29 is 17.9 Å². The maximum absolute atomic E-state index is 11.7. The smallest absolute Gasteiger partial charge is 0.250 e. The molecule has 6 nitrogen and oxygen atoms in total. The minimum Gasteiger partial charge on any atom is -0.372 e. The van der Waals surface area contributed by atoms with E-state index < -0.39 is 10.0 Å². The van der Waals surface area contributed by atoms with Crippen LogP contribution in [0.3, 0.4) is 0 Å². The van der Waals surface area contributed by atoms with Gasteiger partial charge in [-0.15, -0.1) is 0 Å². The molecular weight excluding hydrogens is 280 g/mol. The number of anilines is 1. The summed E-state index contributed by atoms with van der Waals surface area (Å²) in [6.45, 7) is 5.83. The minimum atomic E-state index is -3.75. The number of benzene rings is 1. The first kappa shape index (κ1) is 16.6. The predicted molar refractivity (Wildman–Crippen MR) is 77.1 cm³/mol. The van der Waals surface area contributed by atoms with Crippen molar-refractivity contribution in [3.8, 4) is 0 Å². The van der Waals surface area contributed by atoms with Crippen molar-refractivity contribution in [1.29, 1.82) is 0 Å². The number of amides is 1. The second-order valence-corrected chi connectivity index (χ2v) is 5.92. The first-order valence-electron chi connectivity index (χ1n) is 6.33. The summed E-state index contributed by atoms with van der Waals surface area (Å²) in [4.78, 5) is 11.7. The molecule has 0 aliphatic carbocycles. The van der Waals surface area contributed by atoms with Crippen LogP contribution in [-0.2, 0) is 26.0 Å². The molecular formula is C13H20N2O4S. The van der Waals surface area contributed by atoms with Gasteiger partial charge in [-0.3, -0.25) is 4.79 Å². The highest BCUT2D eigenvalue weighted by atomic mass is 32.2. The number of hydrogen-bond donors (Lipinski definition) is 2. The molecule has 0 bridgehead atoms. The van der Waals surface area contributed by atoms with Crippen LogP contribution in [0.2, 0.25) is 0 Å². The van der Waals surface area contributed by atoms with Crippen LogP contribution < -0.4 is 10.5 Å². The normalized spacial score (nSPS) is 11.4. The Morgan fingerprint density at radius 3 is 2.50 bits per heavy atom. The second kappa shape index (κ2) is 6.83. The number of nitrogens with two attached hydrogens (primary N) is 1. The van der Waals surface area contributed by atoms with Crippen molar-refractivity contribution >= 4 is 21.6 Å². The average Bonchev–Trinajstić information content (AvgIpc) is 2.37. The highest BCUT2D eigenvalue weighted by Gasteiger charge is 2.15. The molecule has 0 saturated heterocycles. The van der Waals surface area contributed by atoms with E-state index in [1.165, 1.54) is 12.1 Å². The Balaban J connectivity index is 3.11. The fourth-order valence-corrected chi connectivity index (χ4v) is 2.46. The van der Waals surface area contributed by atoms with Crippen molar-refractivity contribution in [2.45, 2.75) is 32.1 Å². The minimum absolute atomic E-state index is 0.0317. The van der Waals surface area contributed by atoms with Crippen molar-refractivity contribution in [1.82, 2.24) is 0 Å². The maximum Gasteiger partial charge on any atom is 0.250 e. The molecule has 0 atom stereocenters. The third kappa shape index (κ3) is 4.29. The van der Waals surface area contributed by atoms with Crippen molar-refractivity contribution in [2.75, 3.05) is 18.5 Å². The van der Waals surface area contributed by atoms with Gasteiger partial charge in [0.2, 0.25) is 15.9 Å². The number of nitrogens with one attached hydrogen (secondary N) is 1. The van der Waals surface area contributed by atoms with E-state index in [0.717, 1.165) is 5.56 Å². The van der Waals surface area contributed by atoms with E-state index in [1.807, 2.05) is 6.92 Å². The summed E-state index contributed by atoms with van der Waals surface area (Å²) in [5.74, 6) is -0.270. The van der Waals surface area contributed by atoms with E-state index in [1.54, 1.807) is 13.8 Å². The summed E-state index contributed by atoms with van der Waals surface area (Å²) in [5.41, 5.74) is 1.99. The Bertz CT molecular complexity index is 597. The van der Waals surface area contributed by atoms with Crippen LogP contribution in [0.1, 0.15) is 25.0 Å². The van der Waals surface area contributed by atoms with Crippen LogP contribution in [0.4, 0.5) is 5.69 Å². The topological polar surface area (TPSA) is 98.5 Å². The van der Waals surface area contributed by atoms with Gasteiger partial charge in [0.15, 0.2) is 0 Å². The van der Waals surface area contributed by atoms with Gasteiger partial charge in [-0.1, -0.05) is 6.92 Å². The van der Waals surface area contributed by atoms with Gasteiger partial charge in [0.25, 0.3) is 0 Å². The number of ether oxygens (including phenoxy) is 1. The van der Waals surface area contributed by atoms with E-state index in [0.29, 0.717) is 24.3 Å². The molecule has 0 fully saturated rings. The molecule has 0 heterocycles. The second-order valence-electron chi connectivity index (χ2n) is 4.36. The van der Waals surface area contributed by atoms with Gasteiger partial charge in [0, 0.05) is 12.3 Å². The third-order valence-electron chi connectivity index (χ3n) is 2.80. The molecule has 1 amide bonds. The van der Waals surface area contributed by atoms with E-state index in [9.17, 15) is 13.2 Å². The maximum atomic E-state index is 11.7. The fourth-order valence-electron chi connectivity index (χ4n) is 1.82. The molecule has 0 unspecified atom stereocenters. The van der Waals surface area contributed by atoms with E-state index in [-0.39, 0.29) is 17.4 Å². The molecule has 1 aromatic rings. The van der Waals surface area contributed by atoms with Gasteiger partial charge < -0.3 is 10.1 Å². The molecule has 0 saturated carbocycles. The van der Waals surface area contributed by atoms with Gasteiger partial charge in [-0.05, 0) is 43.5 Å². The molecule has 0 spiro atoms. The van der Waals surface area contributed by atoms with Crippen molar-refractivity contribution in [3.05, 3.63) is 23.3 Å². The number of rotatable bonds is 6. The summed E-state index contributed by atoms with van der Waals surface area (Å²) < 4.78 is 27.8. The van der Waals surface area contributed by atoms with Crippen LogP contribution in [0, 0.1) is 6.92 Å². The predicted octanol–water partition coefficient (Wildman–Crippen LogP) is 1.18. The summed E-state index contributed by atoms with van der Waals surface area (Å²) in [7, 11) is -3.75. The van der Waals surface area contributed by atoms with Crippen LogP contribution in [0.15, 0.2) is 17.0 Å². The number of hydrogen-bond acceptors (Lipinski definition) is 4. The largest absolute Gasteiger partial charge is 0.372 e. The summed E-state index contributed by atoms with van der Waals surface area (Å²) in [6.07, 6.45) is 0.578. The Kier molecular flexibility index (Phi) is 5.67.